The van der Waals surface area contributed by atoms with Gasteiger partial charge in [-0.2, -0.15) is 13.5 Å². The predicted molar refractivity (Wildman–Crippen MR) is 70.1 cm³/mol. The number of fused-ring (bicyclic) bond motifs is 1. The first-order valence-electron chi connectivity index (χ1n) is 5.12. The second kappa shape index (κ2) is 4.67. The zero-order valence-electron chi connectivity index (χ0n) is 9.06. The molecular weight excluding hydrogens is 237 g/mol. The van der Waals surface area contributed by atoms with E-state index in [1.165, 1.54) is 6.07 Å². The van der Waals surface area contributed by atoms with E-state index in [-0.39, 0.29) is 19.3 Å². The molecule has 1 aromatic heterocycles. The summed E-state index contributed by atoms with van der Waals surface area (Å²) in [6.07, 6.45) is 0. The summed E-state index contributed by atoms with van der Waals surface area (Å²) in [5.74, 6) is -0.199. The molecule has 0 amide bonds. The lowest BCUT2D eigenvalue weighted by Gasteiger charge is -2.13. The van der Waals surface area contributed by atoms with Gasteiger partial charge in [0, 0.05) is 5.56 Å². The first-order valence-corrected chi connectivity index (χ1v) is 5.12. The van der Waals surface area contributed by atoms with Gasteiger partial charge in [0.05, 0.1) is 6.54 Å². The fraction of sp³-hybridized carbons (Fsp3) is 0.0769. The van der Waals surface area contributed by atoms with E-state index < -0.39 is 0 Å². The van der Waals surface area contributed by atoms with Crippen LogP contribution in [0.1, 0.15) is 5.56 Å². The third kappa shape index (κ3) is 2.08. The van der Waals surface area contributed by atoms with Crippen LogP contribution in [0.15, 0.2) is 53.1 Å². The quantitative estimate of drug-likeness (QED) is 0.679. The fourth-order valence-corrected chi connectivity index (χ4v) is 1.77. The molecule has 0 fully saturated rings. The van der Waals surface area contributed by atoms with Crippen LogP contribution in [0, 0.1) is 5.82 Å². The maximum atomic E-state index is 13.4. The summed E-state index contributed by atoms with van der Waals surface area (Å²) in [6, 6.07) is 14.4. The Morgan fingerprint density at radius 1 is 1.00 bits per heavy atom. The average Bonchev–Trinajstić information content (AvgIpc) is 2.28. The summed E-state index contributed by atoms with van der Waals surface area (Å²) in [4.78, 5) is 0. The average molecular weight is 249 g/mol. The number of hydrogen-bond acceptors (Lipinski definition) is 1. The van der Waals surface area contributed by atoms with E-state index in [1.54, 1.807) is 16.9 Å². The van der Waals surface area contributed by atoms with Crippen LogP contribution in [0.5, 0.6) is 0 Å². The van der Waals surface area contributed by atoms with Crippen molar-refractivity contribution in [2.24, 2.45) is 0 Å². The van der Waals surface area contributed by atoms with Crippen molar-refractivity contribution < 1.29 is 8.91 Å². The molecule has 0 bridgehead atoms. The molecule has 0 spiro atoms. The Bertz CT molecular complexity index is 629. The number of nitrogens with zero attached hydrogens (tertiary/aromatic N) is 1. The molecule has 1 heterocycles. The minimum Gasteiger partial charge on any atom is -0.377 e. The highest BCUT2D eigenvalue weighted by molar-refractivity contribution is 7.59. The lowest BCUT2D eigenvalue weighted by molar-refractivity contribution is 0.282. The van der Waals surface area contributed by atoms with E-state index >= 15 is 0 Å². The van der Waals surface area contributed by atoms with Crippen LogP contribution in [0.25, 0.3) is 11.1 Å². The molecule has 2 aromatic carbocycles. The van der Waals surface area contributed by atoms with E-state index in [9.17, 15) is 4.39 Å². The molecule has 0 N–H and O–H groups in total. The Labute approximate surface area is 105 Å². The maximum absolute atomic E-state index is 13.4. The smallest absolute Gasteiger partial charge is 0.181 e. The number of benzene rings is 2. The van der Waals surface area contributed by atoms with Gasteiger partial charge in [0.2, 0.25) is 0 Å². The molecule has 0 saturated carbocycles. The lowest BCUT2D eigenvalue weighted by Crippen LogP contribution is -2.06. The molecule has 0 aliphatic rings. The monoisotopic (exact) mass is 249 g/mol. The standard InChI is InChI=1S/C13H10FNO.H2S/c14-11-6-2-1-5-10(11)9-15-12-7-3-4-8-13(12)16-15;/h1-8H,9H2;1H2. The summed E-state index contributed by atoms with van der Waals surface area (Å²) >= 11 is 0. The van der Waals surface area contributed by atoms with Crippen molar-refractivity contribution in [1.29, 1.82) is 0 Å². The molecule has 2 nitrogen and oxygen atoms in total. The zero-order valence-corrected chi connectivity index (χ0v) is 10.1. The first-order chi connectivity index (χ1) is 7.84. The van der Waals surface area contributed by atoms with Gasteiger partial charge in [0.25, 0.3) is 0 Å². The maximum Gasteiger partial charge on any atom is 0.181 e. The SMILES string of the molecule is Fc1ccccc1Cn1oc2ccccc21.S. The summed E-state index contributed by atoms with van der Waals surface area (Å²) in [7, 11) is 0. The van der Waals surface area contributed by atoms with E-state index in [4.69, 9.17) is 4.52 Å². The molecule has 3 rings (SSSR count). The third-order valence-electron chi connectivity index (χ3n) is 2.61. The fourth-order valence-electron chi connectivity index (χ4n) is 1.77. The van der Waals surface area contributed by atoms with Crippen LogP contribution >= 0.6 is 13.5 Å². The molecule has 17 heavy (non-hydrogen) atoms. The molecule has 4 heteroatoms. The number of halogens is 1. The van der Waals surface area contributed by atoms with E-state index in [0.717, 1.165) is 11.1 Å². The molecule has 0 saturated heterocycles. The predicted octanol–water partition coefficient (Wildman–Crippen LogP) is 3.53. The number of hydrogen-bond donors (Lipinski definition) is 0. The lowest BCUT2D eigenvalue weighted by atomic mass is 10.2. The first kappa shape index (κ1) is 11.8. The van der Waals surface area contributed by atoms with Crippen molar-refractivity contribution in [2.45, 2.75) is 6.54 Å². The Balaban J connectivity index is 0.00000108. The van der Waals surface area contributed by atoms with Crippen LogP contribution in [0.2, 0.25) is 0 Å². The highest BCUT2D eigenvalue weighted by Gasteiger charge is 2.09. The van der Waals surface area contributed by atoms with Gasteiger partial charge < -0.3 is 4.52 Å². The van der Waals surface area contributed by atoms with Crippen LogP contribution < -0.4 is 0 Å². The second-order valence-corrected chi connectivity index (χ2v) is 3.69. The molecule has 0 radical (unpaired) electrons. The van der Waals surface area contributed by atoms with E-state index in [0.29, 0.717) is 12.1 Å². The topological polar surface area (TPSA) is 18.1 Å². The van der Waals surface area contributed by atoms with Crippen LogP contribution in [-0.2, 0) is 6.54 Å². The van der Waals surface area contributed by atoms with Gasteiger partial charge in [-0.1, -0.05) is 30.3 Å². The molecule has 0 aliphatic carbocycles. The Kier molecular flexibility index (Phi) is 3.24. The van der Waals surface area contributed by atoms with Gasteiger partial charge in [-0.15, -0.1) is 0 Å². The van der Waals surface area contributed by atoms with Gasteiger partial charge in [-0.25, -0.2) is 9.13 Å². The van der Waals surface area contributed by atoms with Crippen molar-refractivity contribution in [3.05, 3.63) is 59.9 Å². The summed E-state index contributed by atoms with van der Waals surface area (Å²) < 4.78 is 20.5. The molecule has 3 aromatic rings. The van der Waals surface area contributed by atoms with Crippen molar-refractivity contribution in [2.75, 3.05) is 0 Å². The summed E-state index contributed by atoms with van der Waals surface area (Å²) in [6.45, 7) is 0.434. The van der Waals surface area contributed by atoms with Gasteiger partial charge in [-0.3, -0.25) is 0 Å². The number of rotatable bonds is 2. The molecule has 0 aliphatic heterocycles. The number of para-hydroxylation sites is 2. The summed E-state index contributed by atoms with van der Waals surface area (Å²) in [5.41, 5.74) is 2.49. The molecular formula is C13H12FNOS. The van der Waals surface area contributed by atoms with Crippen molar-refractivity contribution >= 4 is 24.6 Å². The summed E-state index contributed by atoms with van der Waals surface area (Å²) in [5, 5.41) is 0. The van der Waals surface area contributed by atoms with E-state index in [1.807, 2.05) is 30.3 Å². The highest BCUT2D eigenvalue weighted by atomic mass is 32.1. The Morgan fingerprint density at radius 2 is 1.71 bits per heavy atom. The Hall–Kier alpha value is -1.68. The minimum absolute atomic E-state index is 0. The van der Waals surface area contributed by atoms with Crippen LogP contribution in [0.3, 0.4) is 0 Å². The zero-order chi connectivity index (χ0) is 11.0. The third-order valence-corrected chi connectivity index (χ3v) is 2.61. The molecule has 0 atom stereocenters. The normalized spacial score (nSPS) is 10.4. The highest BCUT2D eigenvalue weighted by Crippen LogP contribution is 2.20. The largest absolute Gasteiger partial charge is 0.377 e. The van der Waals surface area contributed by atoms with Gasteiger partial charge in [0.1, 0.15) is 11.3 Å². The Morgan fingerprint density at radius 3 is 2.47 bits per heavy atom. The number of aromatic nitrogens is 1. The second-order valence-electron chi connectivity index (χ2n) is 3.69. The molecule has 88 valence electrons. The van der Waals surface area contributed by atoms with Crippen molar-refractivity contribution in [3.8, 4) is 0 Å². The van der Waals surface area contributed by atoms with Gasteiger partial charge in [-0.05, 0) is 18.2 Å². The van der Waals surface area contributed by atoms with Gasteiger partial charge in [0.15, 0.2) is 5.58 Å². The molecule has 0 unspecified atom stereocenters. The van der Waals surface area contributed by atoms with Crippen molar-refractivity contribution in [3.63, 3.8) is 0 Å². The minimum atomic E-state index is -0.199. The van der Waals surface area contributed by atoms with Crippen LogP contribution in [-0.4, -0.2) is 4.74 Å². The van der Waals surface area contributed by atoms with E-state index in [2.05, 4.69) is 0 Å². The van der Waals surface area contributed by atoms with Crippen LogP contribution in [0.4, 0.5) is 4.39 Å². The van der Waals surface area contributed by atoms with Gasteiger partial charge >= 0.3 is 0 Å². The van der Waals surface area contributed by atoms with Crippen molar-refractivity contribution in [1.82, 2.24) is 4.74 Å².